The summed E-state index contributed by atoms with van der Waals surface area (Å²) in [5.41, 5.74) is 0.168. The van der Waals surface area contributed by atoms with Crippen LogP contribution in [0, 0.1) is 12.3 Å². The van der Waals surface area contributed by atoms with Crippen molar-refractivity contribution in [3.05, 3.63) is 28.2 Å². The lowest BCUT2D eigenvalue weighted by molar-refractivity contribution is -0.120. The molecule has 0 saturated heterocycles. The topological polar surface area (TPSA) is 66.4 Å². The number of carboxylic acids is 1. The number of aromatic carboxylic acids is 1. The lowest BCUT2D eigenvalue weighted by atomic mass is 10.2. The Morgan fingerprint density at radius 1 is 1.58 bits per heavy atom. The quantitative estimate of drug-likeness (QED) is 0.637. The van der Waals surface area contributed by atoms with E-state index in [4.69, 9.17) is 11.5 Å². The van der Waals surface area contributed by atoms with E-state index in [0.29, 0.717) is 9.37 Å². The zero-order valence-electron chi connectivity index (χ0n) is 10.1. The van der Waals surface area contributed by atoms with Crippen LogP contribution in [0.3, 0.4) is 0 Å². The first kappa shape index (κ1) is 15.6. The molecule has 0 aliphatic carbocycles. The van der Waals surface area contributed by atoms with Crippen LogP contribution >= 0.6 is 27.7 Å². The van der Waals surface area contributed by atoms with Crippen LogP contribution in [0.5, 0.6) is 0 Å². The Morgan fingerprint density at radius 2 is 2.26 bits per heavy atom. The third kappa shape index (κ3) is 4.62. The maximum absolute atomic E-state index is 11.6. The Hall–Kier alpha value is -1.45. The van der Waals surface area contributed by atoms with Gasteiger partial charge in [-0.15, -0.1) is 18.2 Å². The van der Waals surface area contributed by atoms with Crippen molar-refractivity contribution in [3.63, 3.8) is 0 Å². The maximum atomic E-state index is 11.6. The van der Waals surface area contributed by atoms with Gasteiger partial charge in [0.15, 0.2) is 0 Å². The summed E-state index contributed by atoms with van der Waals surface area (Å²) in [7, 11) is 0. The molecule has 0 bridgehead atoms. The number of terminal acetylenes is 1. The number of halogens is 1. The molecule has 1 unspecified atom stereocenters. The first-order valence-corrected chi connectivity index (χ1v) is 7.03. The summed E-state index contributed by atoms with van der Waals surface area (Å²) in [6, 6.07) is 4.94. The lowest BCUT2D eigenvalue weighted by Gasteiger charge is -2.11. The number of rotatable bonds is 5. The van der Waals surface area contributed by atoms with Gasteiger partial charge in [-0.25, -0.2) is 4.79 Å². The molecule has 0 heterocycles. The van der Waals surface area contributed by atoms with Gasteiger partial charge in [-0.1, -0.05) is 5.92 Å². The van der Waals surface area contributed by atoms with E-state index in [1.54, 1.807) is 19.1 Å². The lowest BCUT2D eigenvalue weighted by Crippen LogP contribution is -2.31. The van der Waals surface area contributed by atoms with Gasteiger partial charge in [-0.2, -0.15) is 0 Å². The van der Waals surface area contributed by atoms with E-state index >= 15 is 0 Å². The van der Waals surface area contributed by atoms with Crippen LogP contribution in [0.15, 0.2) is 27.6 Å². The summed E-state index contributed by atoms with van der Waals surface area (Å²) in [5.74, 6) is 1.13. The second-order valence-corrected chi connectivity index (χ2v) is 5.90. The molecule has 0 fully saturated rings. The highest BCUT2D eigenvalue weighted by molar-refractivity contribution is 9.10. The molecule has 0 aromatic heterocycles. The number of benzene rings is 1. The highest BCUT2D eigenvalue weighted by Crippen LogP contribution is 2.27. The molecule has 1 aromatic rings. The number of thioether (sulfide) groups is 1. The molecule has 1 aromatic carbocycles. The number of hydrogen-bond donors (Lipinski definition) is 2. The van der Waals surface area contributed by atoms with Gasteiger partial charge >= 0.3 is 5.97 Å². The number of hydrogen-bond acceptors (Lipinski definition) is 3. The molecule has 0 spiro atoms. The van der Waals surface area contributed by atoms with Gasteiger partial charge < -0.3 is 10.4 Å². The number of carbonyl (C=O) groups is 2. The minimum atomic E-state index is -1.02. The smallest absolute Gasteiger partial charge is 0.336 e. The molecule has 1 atom stereocenters. The van der Waals surface area contributed by atoms with Crippen LogP contribution in [0.4, 0.5) is 0 Å². The van der Waals surface area contributed by atoms with Crippen molar-refractivity contribution in [1.29, 1.82) is 0 Å². The van der Waals surface area contributed by atoms with Crippen molar-refractivity contribution in [1.82, 2.24) is 5.32 Å². The van der Waals surface area contributed by atoms with Crippen molar-refractivity contribution >= 4 is 39.6 Å². The van der Waals surface area contributed by atoms with E-state index in [2.05, 4.69) is 27.2 Å². The van der Waals surface area contributed by atoms with Gasteiger partial charge in [-0.3, -0.25) is 4.79 Å². The molecule has 1 amide bonds. The van der Waals surface area contributed by atoms with E-state index in [1.807, 2.05) is 0 Å². The van der Waals surface area contributed by atoms with Crippen LogP contribution in [-0.4, -0.2) is 28.8 Å². The summed E-state index contributed by atoms with van der Waals surface area (Å²) in [6.07, 6.45) is 5.06. The Kier molecular flexibility index (Phi) is 5.93. The molecule has 6 heteroatoms. The number of carboxylic acid groups (broad SMARTS) is 1. The number of amides is 1. The fraction of sp³-hybridized carbons (Fsp3) is 0.231. The van der Waals surface area contributed by atoms with Crippen LogP contribution in [0.25, 0.3) is 0 Å². The minimum absolute atomic E-state index is 0.168. The third-order valence-corrected chi connectivity index (χ3v) is 4.00. The molecule has 0 aliphatic heterocycles. The highest BCUT2D eigenvalue weighted by Gasteiger charge is 2.15. The Morgan fingerprint density at radius 3 is 2.84 bits per heavy atom. The van der Waals surface area contributed by atoms with Gasteiger partial charge in [0, 0.05) is 9.37 Å². The fourth-order valence-electron chi connectivity index (χ4n) is 1.28. The highest BCUT2D eigenvalue weighted by atomic mass is 79.9. The SMILES string of the molecule is C#CCNC(=O)C(C)Sc1ccc(Br)c(C(=O)O)c1. The van der Waals surface area contributed by atoms with E-state index in [9.17, 15) is 9.59 Å². The molecule has 0 aliphatic rings. The molecule has 4 nitrogen and oxygen atoms in total. The summed E-state index contributed by atoms with van der Waals surface area (Å²) in [5, 5.41) is 11.2. The second-order valence-electron chi connectivity index (χ2n) is 3.63. The molecular weight excluding hydrogens is 330 g/mol. The largest absolute Gasteiger partial charge is 0.478 e. The molecule has 2 N–H and O–H groups in total. The van der Waals surface area contributed by atoms with E-state index in [-0.39, 0.29) is 23.3 Å². The van der Waals surface area contributed by atoms with E-state index in [0.717, 1.165) is 0 Å². The molecular formula is C13H12BrNO3S. The molecule has 1 rings (SSSR count). The average molecular weight is 342 g/mol. The Bertz CT molecular complexity index is 539. The molecule has 0 saturated carbocycles. The van der Waals surface area contributed by atoms with Crippen LogP contribution in [0.2, 0.25) is 0 Å². The number of nitrogens with one attached hydrogen (secondary N) is 1. The first-order chi connectivity index (χ1) is 8.95. The van der Waals surface area contributed by atoms with Crippen molar-refractivity contribution in [2.24, 2.45) is 0 Å². The van der Waals surface area contributed by atoms with Crippen molar-refractivity contribution in [3.8, 4) is 12.3 Å². The van der Waals surface area contributed by atoms with Gasteiger partial charge in [-0.05, 0) is 41.1 Å². The van der Waals surface area contributed by atoms with Gasteiger partial charge in [0.25, 0.3) is 0 Å². The Balaban J connectivity index is 2.77. The molecule has 19 heavy (non-hydrogen) atoms. The zero-order valence-corrected chi connectivity index (χ0v) is 12.5. The summed E-state index contributed by atoms with van der Waals surface area (Å²) in [4.78, 5) is 23.3. The van der Waals surface area contributed by atoms with Crippen LogP contribution in [0.1, 0.15) is 17.3 Å². The van der Waals surface area contributed by atoms with Crippen molar-refractivity contribution in [2.45, 2.75) is 17.1 Å². The first-order valence-electron chi connectivity index (χ1n) is 5.36. The van der Waals surface area contributed by atoms with Crippen LogP contribution in [-0.2, 0) is 4.79 Å². The Labute approximate surface area is 124 Å². The van der Waals surface area contributed by atoms with Gasteiger partial charge in [0.05, 0.1) is 17.4 Å². The predicted octanol–water partition coefficient (Wildman–Crippen LogP) is 2.38. The standard InChI is InChI=1S/C13H12BrNO3S/c1-3-6-15-12(16)8(2)19-9-4-5-11(14)10(7-9)13(17)18/h1,4-5,7-8H,6H2,2H3,(H,15,16)(H,17,18). The van der Waals surface area contributed by atoms with E-state index in [1.165, 1.54) is 17.8 Å². The monoisotopic (exact) mass is 341 g/mol. The zero-order chi connectivity index (χ0) is 14.4. The van der Waals surface area contributed by atoms with Crippen molar-refractivity contribution < 1.29 is 14.7 Å². The van der Waals surface area contributed by atoms with Crippen molar-refractivity contribution in [2.75, 3.05) is 6.54 Å². The molecule has 100 valence electrons. The summed E-state index contributed by atoms with van der Waals surface area (Å²) < 4.78 is 0.508. The minimum Gasteiger partial charge on any atom is -0.478 e. The average Bonchev–Trinajstić information content (AvgIpc) is 2.37. The fourth-order valence-corrected chi connectivity index (χ4v) is 2.63. The number of carbonyl (C=O) groups excluding carboxylic acids is 1. The predicted molar refractivity (Wildman–Crippen MR) is 78.3 cm³/mol. The molecule has 0 radical (unpaired) electrons. The maximum Gasteiger partial charge on any atom is 0.336 e. The normalized spacial score (nSPS) is 11.4. The van der Waals surface area contributed by atoms with E-state index < -0.39 is 5.97 Å². The summed E-state index contributed by atoms with van der Waals surface area (Å²) in [6.45, 7) is 1.92. The van der Waals surface area contributed by atoms with Gasteiger partial charge in [0.1, 0.15) is 0 Å². The second kappa shape index (κ2) is 7.22. The summed E-state index contributed by atoms with van der Waals surface area (Å²) >= 11 is 4.45. The van der Waals surface area contributed by atoms with Gasteiger partial charge in [0.2, 0.25) is 5.91 Å². The van der Waals surface area contributed by atoms with Crippen LogP contribution < -0.4 is 5.32 Å². The third-order valence-electron chi connectivity index (χ3n) is 2.22.